The molecule has 1 N–H and O–H groups in total. The molecule has 1 heterocycles. The highest BCUT2D eigenvalue weighted by atomic mass is 19.1. The van der Waals surface area contributed by atoms with Crippen molar-refractivity contribution in [2.75, 3.05) is 11.9 Å². The predicted molar refractivity (Wildman–Crippen MR) is 67.0 cm³/mol. The van der Waals surface area contributed by atoms with Gasteiger partial charge in [-0.25, -0.2) is 9.37 Å². The fraction of sp³-hybridized carbons (Fsp3) is 0.308. The van der Waals surface area contributed by atoms with E-state index in [0.29, 0.717) is 11.6 Å². The van der Waals surface area contributed by atoms with E-state index in [1.54, 1.807) is 23.0 Å². The maximum atomic E-state index is 13.8. The highest BCUT2D eigenvalue weighted by Crippen LogP contribution is 2.18. The third-order valence-electron chi connectivity index (χ3n) is 2.54. The molecule has 1 aromatic carbocycles. The van der Waals surface area contributed by atoms with E-state index in [1.807, 2.05) is 13.0 Å². The Hall–Kier alpha value is -1.84. The highest BCUT2D eigenvalue weighted by Gasteiger charge is 2.08. The Labute approximate surface area is 100 Å². The number of nitrogens with one attached hydrogen (secondary N) is 1. The van der Waals surface area contributed by atoms with Crippen LogP contribution in [0.15, 0.2) is 30.6 Å². The summed E-state index contributed by atoms with van der Waals surface area (Å²) in [6.07, 6.45) is 4.42. The van der Waals surface area contributed by atoms with Gasteiger partial charge in [-0.05, 0) is 31.0 Å². The molecule has 0 amide bonds. The molecule has 90 valence electrons. The van der Waals surface area contributed by atoms with Crippen molar-refractivity contribution in [1.29, 1.82) is 0 Å². The third-order valence-corrected chi connectivity index (χ3v) is 2.54. The van der Waals surface area contributed by atoms with E-state index in [4.69, 9.17) is 0 Å². The van der Waals surface area contributed by atoms with Gasteiger partial charge in [0.05, 0.1) is 5.69 Å². The van der Waals surface area contributed by atoms with E-state index >= 15 is 0 Å². The Morgan fingerprint density at radius 1 is 1.41 bits per heavy atom. The molecule has 0 spiro atoms. The van der Waals surface area contributed by atoms with Crippen molar-refractivity contribution in [3.8, 4) is 5.69 Å². The van der Waals surface area contributed by atoms with E-state index in [1.165, 1.54) is 6.07 Å². The van der Waals surface area contributed by atoms with Gasteiger partial charge in [-0.3, -0.25) is 4.57 Å². The number of halogens is 1. The summed E-state index contributed by atoms with van der Waals surface area (Å²) in [7, 11) is 0. The summed E-state index contributed by atoms with van der Waals surface area (Å²) in [6.45, 7) is 4.77. The second-order valence-electron chi connectivity index (χ2n) is 4.00. The molecular weight excluding hydrogens is 217 g/mol. The van der Waals surface area contributed by atoms with E-state index < -0.39 is 0 Å². The molecule has 0 atom stereocenters. The molecule has 4 heteroatoms. The lowest BCUT2D eigenvalue weighted by Crippen LogP contribution is -2.07. The summed E-state index contributed by atoms with van der Waals surface area (Å²) in [5.41, 5.74) is 1.43. The van der Waals surface area contributed by atoms with E-state index in [2.05, 4.69) is 17.2 Å². The molecule has 0 fully saturated rings. The maximum Gasteiger partial charge on any atom is 0.207 e. The summed E-state index contributed by atoms with van der Waals surface area (Å²) >= 11 is 0. The molecule has 0 aliphatic rings. The van der Waals surface area contributed by atoms with Crippen molar-refractivity contribution in [2.45, 2.75) is 20.3 Å². The Balaban J connectivity index is 2.35. The van der Waals surface area contributed by atoms with E-state index in [9.17, 15) is 4.39 Å². The number of aromatic nitrogens is 2. The average molecular weight is 233 g/mol. The van der Waals surface area contributed by atoms with Crippen LogP contribution in [0.2, 0.25) is 0 Å². The lowest BCUT2D eigenvalue weighted by atomic mass is 10.2. The average Bonchev–Trinajstić information content (AvgIpc) is 2.74. The summed E-state index contributed by atoms with van der Waals surface area (Å²) in [5.74, 6) is 0.442. The minimum absolute atomic E-state index is 0.234. The first-order chi connectivity index (χ1) is 8.22. The van der Waals surface area contributed by atoms with Gasteiger partial charge in [-0.15, -0.1) is 0 Å². The standard InChI is InChI=1S/C13H16FN3/c1-3-6-15-13-16-7-8-17(13)12-5-4-10(2)9-11(12)14/h4-5,7-9H,3,6H2,1-2H3,(H,15,16). The van der Waals surface area contributed by atoms with Crippen molar-refractivity contribution in [3.63, 3.8) is 0 Å². The first-order valence-corrected chi connectivity index (χ1v) is 5.76. The SMILES string of the molecule is CCCNc1nccn1-c1ccc(C)cc1F. The lowest BCUT2D eigenvalue weighted by molar-refractivity contribution is 0.617. The second-order valence-corrected chi connectivity index (χ2v) is 4.00. The third kappa shape index (κ3) is 2.46. The number of imidazole rings is 1. The van der Waals surface area contributed by atoms with Crippen molar-refractivity contribution in [3.05, 3.63) is 42.0 Å². The van der Waals surface area contributed by atoms with Crippen LogP contribution >= 0.6 is 0 Å². The molecule has 0 radical (unpaired) electrons. The maximum absolute atomic E-state index is 13.8. The second kappa shape index (κ2) is 4.99. The molecule has 0 aliphatic carbocycles. The summed E-state index contributed by atoms with van der Waals surface area (Å²) in [6, 6.07) is 5.18. The van der Waals surface area contributed by atoms with Crippen molar-refractivity contribution in [1.82, 2.24) is 9.55 Å². The molecule has 0 bridgehead atoms. The quantitative estimate of drug-likeness (QED) is 0.879. The molecule has 2 aromatic rings. The van der Waals surface area contributed by atoms with Gasteiger partial charge < -0.3 is 5.32 Å². The van der Waals surface area contributed by atoms with E-state index in [-0.39, 0.29) is 5.82 Å². The van der Waals surface area contributed by atoms with Crippen LogP contribution in [-0.2, 0) is 0 Å². The number of hydrogen-bond acceptors (Lipinski definition) is 2. The Kier molecular flexibility index (Phi) is 3.42. The first kappa shape index (κ1) is 11.6. The molecule has 1 aromatic heterocycles. The molecule has 0 unspecified atom stereocenters. The van der Waals surface area contributed by atoms with Gasteiger partial charge in [0.2, 0.25) is 5.95 Å². The van der Waals surface area contributed by atoms with Crippen molar-refractivity contribution in [2.24, 2.45) is 0 Å². The van der Waals surface area contributed by atoms with Gasteiger partial charge in [-0.2, -0.15) is 0 Å². The molecule has 2 rings (SSSR count). The Morgan fingerprint density at radius 3 is 2.94 bits per heavy atom. The van der Waals surface area contributed by atoms with Gasteiger partial charge in [0.15, 0.2) is 0 Å². The lowest BCUT2D eigenvalue weighted by Gasteiger charge is -2.10. The van der Waals surface area contributed by atoms with Gasteiger partial charge in [0.25, 0.3) is 0 Å². The monoisotopic (exact) mass is 233 g/mol. The van der Waals surface area contributed by atoms with Gasteiger partial charge in [0.1, 0.15) is 5.82 Å². The summed E-state index contributed by atoms with van der Waals surface area (Å²) in [4.78, 5) is 4.18. The Morgan fingerprint density at radius 2 is 2.24 bits per heavy atom. The fourth-order valence-corrected chi connectivity index (χ4v) is 1.67. The number of rotatable bonds is 4. The van der Waals surface area contributed by atoms with Crippen LogP contribution in [0.1, 0.15) is 18.9 Å². The van der Waals surface area contributed by atoms with Crippen LogP contribution in [0.25, 0.3) is 5.69 Å². The molecule has 3 nitrogen and oxygen atoms in total. The van der Waals surface area contributed by atoms with Crippen LogP contribution < -0.4 is 5.32 Å². The number of hydrogen-bond donors (Lipinski definition) is 1. The van der Waals surface area contributed by atoms with Crippen LogP contribution in [0, 0.1) is 12.7 Å². The molecule has 0 aliphatic heterocycles. The van der Waals surface area contributed by atoms with E-state index in [0.717, 1.165) is 18.5 Å². The topological polar surface area (TPSA) is 29.9 Å². The smallest absolute Gasteiger partial charge is 0.207 e. The summed E-state index contributed by atoms with van der Waals surface area (Å²) < 4.78 is 15.6. The van der Waals surface area contributed by atoms with Gasteiger partial charge >= 0.3 is 0 Å². The van der Waals surface area contributed by atoms with Gasteiger partial charge in [-0.1, -0.05) is 13.0 Å². The van der Waals surface area contributed by atoms with Gasteiger partial charge in [0, 0.05) is 18.9 Å². The number of benzene rings is 1. The number of anilines is 1. The van der Waals surface area contributed by atoms with Crippen LogP contribution in [0.5, 0.6) is 0 Å². The fourth-order valence-electron chi connectivity index (χ4n) is 1.67. The largest absolute Gasteiger partial charge is 0.355 e. The normalized spacial score (nSPS) is 10.5. The van der Waals surface area contributed by atoms with Crippen molar-refractivity contribution < 1.29 is 4.39 Å². The minimum atomic E-state index is -0.234. The number of nitrogens with zero attached hydrogens (tertiary/aromatic N) is 2. The van der Waals surface area contributed by atoms with Crippen LogP contribution in [0.4, 0.5) is 10.3 Å². The zero-order valence-electron chi connectivity index (χ0n) is 10.1. The molecule has 0 saturated heterocycles. The van der Waals surface area contributed by atoms with Crippen LogP contribution in [0.3, 0.4) is 0 Å². The highest BCUT2D eigenvalue weighted by molar-refractivity contribution is 5.43. The minimum Gasteiger partial charge on any atom is -0.355 e. The first-order valence-electron chi connectivity index (χ1n) is 5.76. The molecule has 17 heavy (non-hydrogen) atoms. The zero-order valence-corrected chi connectivity index (χ0v) is 10.1. The zero-order chi connectivity index (χ0) is 12.3. The number of aryl methyl sites for hydroxylation is 1. The molecule has 0 saturated carbocycles. The molecular formula is C13H16FN3. The van der Waals surface area contributed by atoms with Crippen molar-refractivity contribution >= 4 is 5.95 Å². The Bertz CT molecular complexity index is 505. The van der Waals surface area contributed by atoms with Crippen LogP contribution in [-0.4, -0.2) is 16.1 Å². The predicted octanol–water partition coefficient (Wildman–Crippen LogP) is 3.14. The summed E-state index contributed by atoms with van der Waals surface area (Å²) in [5, 5.41) is 3.17.